The van der Waals surface area contributed by atoms with E-state index in [-0.39, 0.29) is 12.5 Å². The number of rotatable bonds is 6. The molecule has 4 heteroatoms. The van der Waals surface area contributed by atoms with Crippen LogP contribution in [0.5, 0.6) is 5.75 Å². The second kappa shape index (κ2) is 7.46. The summed E-state index contributed by atoms with van der Waals surface area (Å²) in [6, 6.07) is 8.68. The summed E-state index contributed by atoms with van der Waals surface area (Å²) in [5.41, 5.74) is 1.27. The molecule has 0 aliphatic carbocycles. The van der Waals surface area contributed by atoms with Gasteiger partial charge in [0, 0.05) is 12.1 Å². The second-order valence-corrected chi connectivity index (χ2v) is 5.89. The molecular weight excluding hydrogens is 266 g/mol. The molecule has 2 rings (SSSR count). The first kappa shape index (κ1) is 15.8. The fourth-order valence-electron chi connectivity index (χ4n) is 3.24. The van der Waals surface area contributed by atoms with Crippen molar-refractivity contribution in [1.29, 1.82) is 0 Å². The predicted octanol–water partition coefficient (Wildman–Crippen LogP) is 2.96. The van der Waals surface area contributed by atoms with E-state index in [1.54, 1.807) is 7.11 Å². The van der Waals surface area contributed by atoms with E-state index in [1.165, 1.54) is 12.0 Å². The molecule has 1 saturated heterocycles. The first-order chi connectivity index (χ1) is 10.1. The molecule has 2 atom stereocenters. The van der Waals surface area contributed by atoms with E-state index < -0.39 is 5.97 Å². The minimum absolute atomic E-state index is 0.185. The van der Waals surface area contributed by atoms with Gasteiger partial charge in [0.2, 0.25) is 0 Å². The normalized spacial score (nSPS) is 21.0. The van der Waals surface area contributed by atoms with Crippen molar-refractivity contribution in [2.45, 2.75) is 51.1 Å². The van der Waals surface area contributed by atoms with E-state index in [1.807, 2.05) is 12.1 Å². The Hall–Kier alpha value is -1.55. The minimum atomic E-state index is -0.691. The smallest absolute Gasteiger partial charge is 0.304 e. The molecule has 1 aliphatic rings. The highest BCUT2D eigenvalue weighted by atomic mass is 16.5. The molecule has 1 N–H and O–H groups in total. The molecule has 0 spiro atoms. The Balaban J connectivity index is 1.98. The third-order valence-electron chi connectivity index (χ3n) is 4.34. The summed E-state index contributed by atoms with van der Waals surface area (Å²) in [4.78, 5) is 13.4. The van der Waals surface area contributed by atoms with E-state index in [4.69, 9.17) is 9.84 Å². The van der Waals surface area contributed by atoms with Crippen molar-refractivity contribution in [1.82, 2.24) is 4.90 Å². The molecule has 1 heterocycles. The van der Waals surface area contributed by atoms with Crippen LogP contribution in [0, 0.1) is 0 Å². The van der Waals surface area contributed by atoms with Crippen LogP contribution in [0.2, 0.25) is 0 Å². The topological polar surface area (TPSA) is 49.8 Å². The maximum Gasteiger partial charge on any atom is 0.304 e. The highest BCUT2D eigenvalue weighted by molar-refractivity contribution is 5.67. The van der Waals surface area contributed by atoms with Crippen molar-refractivity contribution < 1.29 is 14.6 Å². The number of hydrogen-bond donors (Lipinski definition) is 1. The van der Waals surface area contributed by atoms with Gasteiger partial charge in [-0.25, -0.2) is 0 Å². The molecule has 1 fully saturated rings. The van der Waals surface area contributed by atoms with Crippen molar-refractivity contribution in [3.63, 3.8) is 0 Å². The SMILES string of the molecule is COc1ccc(CC(C)N2CCCCC2CC(=O)O)cc1. The van der Waals surface area contributed by atoms with Gasteiger partial charge in [0.05, 0.1) is 13.5 Å². The number of benzene rings is 1. The number of ether oxygens (including phenoxy) is 1. The molecule has 1 aromatic rings. The van der Waals surface area contributed by atoms with Crippen LogP contribution < -0.4 is 4.74 Å². The number of carboxylic acid groups (broad SMARTS) is 1. The molecule has 0 aromatic heterocycles. The summed E-state index contributed by atoms with van der Waals surface area (Å²) in [6.45, 7) is 3.21. The monoisotopic (exact) mass is 291 g/mol. The van der Waals surface area contributed by atoms with Gasteiger partial charge in [-0.2, -0.15) is 0 Å². The molecule has 4 nitrogen and oxygen atoms in total. The van der Waals surface area contributed by atoms with Crippen LogP contribution in [0.4, 0.5) is 0 Å². The minimum Gasteiger partial charge on any atom is -0.497 e. The van der Waals surface area contributed by atoms with Crippen LogP contribution in [0.15, 0.2) is 24.3 Å². The standard InChI is InChI=1S/C17H25NO3/c1-13(11-14-6-8-16(21-2)9-7-14)18-10-4-3-5-15(18)12-17(19)20/h6-9,13,15H,3-5,10-12H2,1-2H3,(H,19,20). The zero-order chi connectivity index (χ0) is 15.2. The Morgan fingerprint density at radius 1 is 1.38 bits per heavy atom. The quantitative estimate of drug-likeness (QED) is 0.875. The largest absolute Gasteiger partial charge is 0.497 e. The maximum absolute atomic E-state index is 11.0. The van der Waals surface area contributed by atoms with Crippen LogP contribution in [-0.2, 0) is 11.2 Å². The van der Waals surface area contributed by atoms with Gasteiger partial charge in [0.1, 0.15) is 5.75 Å². The average Bonchev–Trinajstić information content (AvgIpc) is 2.48. The molecule has 0 radical (unpaired) electrons. The number of aliphatic carboxylic acids is 1. The number of nitrogens with zero attached hydrogens (tertiary/aromatic N) is 1. The zero-order valence-electron chi connectivity index (χ0n) is 12.9. The van der Waals surface area contributed by atoms with Crippen LogP contribution >= 0.6 is 0 Å². The first-order valence-electron chi connectivity index (χ1n) is 7.70. The number of hydrogen-bond acceptors (Lipinski definition) is 3. The zero-order valence-corrected chi connectivity index (χ0v) is 12.9. The van der Waals surface area contributed by atoms with Crippen molar-refractivity contribution in [3.8, 4) is 5.75 Å². The maximum atomic E-state index is 11.0. The average molecular weight is 291 g/mol. The third kappa shape index (κ3) is 4.46. The summed E-state index contributed by atoms with van der Waals surface area (Å²) < 4.78 is 5.18. The van der Waals surface area contributed by atoms with Gasteiger partial charge in [0.15, 0.2) is 0 Å². The van der Waals surface area contributed by atoms with Crippen molar-refractivity contribution in [2.75, 3.05) is 13.7 Å². The van der Waals surface area contributed by atoms with Gasteiger partial charge in [-0.15, -0.1) is 0 Å². The number of likely N-dealkylation sites (tertiary alicyclic amines) is 1. The third-order valence-corrected chi connectivity index (χ3v) is 4.34. The molecular formula is C17H25NO3. The van der Waals surface area contributed by atoms with Gasteiger partial charge < -0.3 is 9.84 Å². The van der Waals surface area contributed by atoms with Gasteiger partial charge in [-0.3, -0.25) is 9.69 Å². The van der Waals surface area contributed by atoms with E-state index in [2.05, 4.69) is 24.0 Å². The number of piperidine rings is 1. The molecule has 0 bridgehead atoms. The summed E-state index contributed by atoms with van der Waals surface area (Å²) in [5, 5.41) is 9.07. The predicted molar refractivity (Wildman–Crippen MR) is 82.8 cm³/mol. The van der Waals surface area contributed by atoms with Gasteiger partial charge >= 0.3 is 5.97 Å². The highest BCUT2D eigenvalue weighted by Crippen LogP contribution is 2.24. The van der Waals surface area contributed by atoms with Gasteiger partial charge in [0.25, 0.3) is 0 Å². The fourth-order valence-corrected chi connectivity index (χ4v) is 3.24. The Morgan fingerprint density at radius 3 is 2.71 bits per heavy atom. The Labute approximate surface area is 126 Å². The fraction of sp³-hybridized carbons (Fsp3) is 0.588. The molecule has 1 aliphatic heterocycles. The lowest BCUT2D eigenvalue weighted by Crippen LogP contribution is -2.46. The molecule has 116 valence electrons. The molecule has 21 heavy (non-hydrogen) atoms. The molecule has 2 unspecified atom stereocenters. The van der Waals surface area contributed by atoms with Crippen LogP contribution in [-0.4, -0.2) is 41.7 Å². The number of carboxylic acids is 1. The Kier molecular flexibility index (Phi) is 5.62. The summed E-state index contributed by atoms with van der Waals surface area (Å²) in [7, 11) is 1.67. The Bertz CT molecular complexity index is 458. The molecule has 0 saturated carbocycles. The lowest BCUT2D eigenvalue weighted by Gasteiger charge is -2.39. The van der Waals surface area contributed by atoms with Crippen molar-refractivity contribution in [3.05, 3.63) is 29.8 Å². The van der Waals surface area contributed by atoms with Gasteiger partial charge in [-0.05, 0) is 50.4 Å². The van der Waals surface area contributed by atoms with Gasteiger partial charge in [-0.1, -0.05) is 18.6 Å². The van der Waals surface area contributed by atoms with Crippen molar-refractivity contribution in [2.24, 2.45) is 0 Å². The summed E-state index contributed by atoms with van der Waals surface area (Å²) in [6.07, 6.45) is 4.51. The number of methoxy groups -OCH3 is 1. The van der Waals surface area contributed by atoms with Crippen LogP contribution in [0.1, 0.15) is 38.2 Å². The van der Waals surface area contributed by atoms with E-state index in [0.717, 1.165) is 31.6 Å². The lowest BCUT2D eigenvalue weighted by molar-refractivity contribution is -0.139. The van der Waals surface area contributed by atoms with E-state index in [0.29, 0.717) is 6.04 Å². The van der Waals surface area contributed by atoms with Crippen molar-refractivity contribution >= 4 is 5.97 Å². The van der Waals surface area contributed by atoms with Crippen LogP contribution in [0.3, 0.4) is 0 Å². The summed E-state index contributed by atoms with van der Waals surface area (Å²) in [5.74, 6) is 0.177. The lowest BCUT2D eigenvalue weighted by atomic mass is 9.95. The second-order valence-electron chi connectivity index (χ2n) is 5.89. The van der Waals surface area contributed by atoms with E-state index >= 15 is 0 Å². The van der Waals surface area contributed by atoms with Crippen LogP contribution in [0.25, 0.3) is 0 Å². The highest BCUT2D eigenvalue weighted by Gasteiger charge is 2.28. The summed E-state index contributed by atoms with van der Waals surface area (Å²) >= 11 is 0. The number of carbonyl (C=O) groups is 1. The molecule has 1 aromatic carbocycles. The molecule has 0 amide bonds. The Morgan fingerprint density at radius 2 is 2.10 bits per heavy atom. The first-order valence-corrected chi connectivity index (χ1v) is 7.70. The van der Waals surface area contributed by atoms with E-state index in [9.17, 15) is 4.79 Å².